The summed E-state index contributed by atoms with van der Waals surface area (Å²) in [5.41, 5.74) is -0.00592. The van der Waals surface area contributed by atoms with E-state index in [1.807, 2.05) is 0 Å². The first-order valence-electron chi connectivity index (χ1n) is 4.78. The first-order valence-corrected chi connectivity index (χ1v) is 4.78. The molecule has 0 aliphatic heterocycles. The smallest absolute Gasteiger partial charge is 0.356 e. The van der Waals surface area contributed by atoms with Crippen molar-refractivity contribution in [3.8, 4) is 5.69 Å². The molecule has 0 aliphatic rings. The van der Waals surface area contributed by atoms with Crippen LogP contribution in [0.5, 0.6) is 0 Å². The van der Waals surface area contributed by atoms with Crippen molar-refractivity contribution < 1.29 is 19.1 Å². The van der Waals surface area contributed by atoms with Crippen molar-refractivity contribution >= 4 is 17.7 Å². The summed E-state index contributed by atoms with van der Waals surface area (Å²) < 4.78 is 14.8. The molecule has 6 nitrogen and oxygen atoms in total. The van der Waals surface area contributed by atoms with Crippen LogP contribution in [0.3, 0.4) is 0 Å². The van der Waals surface area contributed by atoms with Gasteiger partial charge in [0.2, 0.25) is 6.08 Å². The molecule has 2 rings (SSSR count). The van der Waals surface area contributed by atoms with Gasteiger partial charge in [0.15, 0.2) is 11.5 Å². The van der Waals surface area contributed by atoms with E-state index >= 15 is 0 Å². The number of carbonyl (C=O) groups excluding carboxylic acids is 1. The lowest BCUT2D eigenvalue weighted by Crippen LogP contribution is -2.02. The van der Waals surface area contributed by atoms with E-state index in [-0.39, 0.29) is 17.1 Å². The number of carbonyl (C=O) groups is 1. The minimum absolute atomic E-state index is 0.0624. The molecule has 0 saturated carbocycles. The number of hydrogen-bond acceptors (Lipinski definition) is 4. The molecule has 1 heterocycles. The Bertz CT molecular complexity index is 659. The predicted octanol–water partition coefficient (Wildman–Crippen LogP) is 1.68. The first kappa shape index (κ1) is 11.7. The van der Waals surface area contributed by atoms with Gasteiger partial charge in [-0.3, -0.25) is 0 Å². The Kier molecular flexibility index (Phi) is 2.99. The van der Waals surface area contributed by atoms with Gasteiger partial charge in [-0.1, -0.05) is 0 Å². The fourth-order valence-corrected chi connectivity index (χ4v) is 1.38. The van der Waals surface area contributed by atoms with Crippen LogP contribution in [0.2, 0.25) is 0 Å². The minimum Gasteiger partial charge on any atom is -0.476 e. The van der Waals surface area contributed by atoms with E-state index in [2.05, 4.69) is 10.1 Å². The summed E-state index contributed by atoms with van der Waals surface area (Å²) in [4.78, 5) is 23.9. The average molecular weight is 247 g/mol. The Hall–Kier alpha value is -2.79. The molecule has 0 atom stereocenters. The molecular formula is C11H6FN3O3. The average Bonchev–Trinajstić information content (AvgIpc) is 2.79. The molecule has 18 heavy (non-hydrogen) atoms. The zero-order chi connectivity index (χ0) is 13.1. The highest BCUT2D eigenvalue weighted by Crippen LogP contribution is 2.19. The third-order valence-corrected chi connectivity index (χ3v) is 2.16. The number of carboxylic acids is 1. The summed E-state index contributed by atoms with van der Waals surface area (Å²) >= 11 is 0. The number of isocyanates is 1. The second-order valence-corrected chi connectivity index (χ2v) is 3.29. The fraction of sp³-hybridized carbons (Fsp3) is 0. The van der Waals surface area contributed by atoms with Gasteiger partial charge >= 0.3 is 5.97 Å². The SMILES string of the molecule is O=C=Nc1ccc(-n2ccc(C(=O)O)n2)c(F)c1. The number of aromatic nitrogens is 2. The minimum atomic E-state index is -1.20. The number of aromatic carboxylic acids is 1. The molecule has 0 saturated heterocycles. The lowest BCUT2D eigenvalue weighted by molar-refractivity contribution is 0.0690. The molecule has 1 aromatic heterocycles. The van der Waals surface area contributed by atoms with E-state index in [1.54, 1.807) is 0 Å². The van der Waals surface area contributed by atoms with Gasteiger partial charge in [-0.15, -0.1) is 0 Å². The summed E-state index contributed by atoms with van der Waals surface area (Å²) in [6, 6.07) is 5.01. The number of aliphatic imine (C=N–C) groups is 1. The topological polar surface area (TPSA) is 84.5 Å². The highest BCUT2D eigenvalue weighted by atomic mass is 19.1. The number of hydrogen-bond donors (Lipinski definition) is 1. The lowest BCUT2D eigenvalue weighted by atomic mass is 10.2. The van der Waals surface area contributed by atoms with E-state index in [0.717, 1.165) is 10.7 Å². The number of nitrogens with zero attached hydrogens (tertiary/aromatic N) is 3. The van der Waals surface area contributed by atoms with Crippen LogP contribution >= 0.6 is 0 Å². The largest absolute Gasteiger partial charge is 0.476 e. The highest BCUT2D eigenvalue weighted by Gasteiger charge is 2.10. The van der Waals surface area contributed by atoms with Gasteiger partial charge in [-0.05, 0) is 18.2 Å². The van der Waals surface area contributed by atoms with E-state index in [0.29, 0.717) is 0 Å². The molecule has 0 aliphatic carbocycles. The van der Waals surface area contributed by atoms with Crippen LogP contribution in [-0.2, 0) is 4.79 Å². The van der Waals surface area contributed by atoms with Crippen molar-refractivity contribution in [1.82, 2.24) is 9.78 Å². The Labute approximate surface area is 100 Å². The maximum absolute atomic E-state index is 13.7. The summed E-state index contributed by atoms with van der Waals surface area (Å²) in [7, 11) is 0. The fourth-order valence-electron chi connectivity index (χ4n) is 1.38. The maximum Gasteiger partial charge on any atom is 0.356 e. The molecule has 1 N–H and O–H groups in total. The van der Waals surface area contributed by atoms with Gasteiger partial charge in [0.1, 0.15) is 5.69 Å². The predicted molar refractivity (Wildman–Crippen MR) is 58.3 cm³/mol. The third kappa shape index (κ3) is 2.16. The van der Waals surface area contributed by atoms with Crippen molar-refractivity contribution in [3.63, 3.8) is 0 Å². The van der Waals surface area contributed by atoms with Crippen LogP contribution in [0, 0.1) is 5.82 Å². The van der Waals surface area contributed by atoms with Crippen molar-refractivity contribution in [2.45, 2.75) is 0 Å². The summed E-state index contributed by atoms with van der Waals surface area (Å²) in [5, 5.41) is 12.4. The molecule has 2 aromatic rings. The normalized spacial score (nSPS) is 9.83. The molecule has 7 heteroatoms. The molecular weight excluding hydrogens is 241 g/mol. The maximum atomic E-state index is 13.7. The molecule has 0 bridgehead atoms. The lowest BCUT2D eigenvalue weighted by Gasteiger charge is -2.03. The van der Waals surface area contributed by atoms with Crippen LogP contribution in [0.25, 0.3) is 5.69 Å². The van der Waals surface area contributed by atoms with E-state index in [1.165, 1.54) is 30.5 Å². The number of benzene rings is 1. The second-order valence-electron chi connectivity index (χ2n) is 3.29. The van der Waals surface area contributed by atoms with E-state index in [9.17, 15) is 14.0 Å². The molecule has 0 radical (unpaired) electrons. The van der Waals surface area contributed by atoms with E-state index in [4.69, 9.17) is 5.11 Å². The van der Waals surface area contributed by atoms with Gasteiger partial charge in [-0.25, -0.2) is 18.7 Å². The Morgan fingerprint density at radius 1 is 1.44 bits per heavy atom. The van der Waals surface area contributed by atoms with Gasteiger partial charge in [-0.2, -0.15) is 10.1 Å². The van der Waals surface area contributed by atoms with Crippen LogP contribution in [0.1, 0.15) is 10.5 Å². The zero-order valence-electron chi connectivity index (χ0n) is 8.87. The van der Waals surface area contributed by atoms with Gasteiger partial charge in [0, 0.05) is 12.3 Å². The molecule has 1 aromatic carbocycles. The molecule has 0 amide bonds. The van der Waals surface area contributed by atoms with Gasteiger partial charge < -0.3 is 5.11 Å². The first-order chi connectivity index (χ1) is 8.61. The summed E-state index contributed by atoms with van der Waals surface area (Å²) in [6.45, 7) is 0. The van der Waals surface area contributed by atoms with Gasteiger partial charge in [0.05, 0.1) is 5.69 Å². The highest BCUT2D eigenvalue weighted by molar-refractivity contribution is 5.85. The molecule has 0 unspecified atom stereocenters. The summed E-state index contributed by atoms with van der Waals surface area (Å²) in [6.07, 6.45) is 2.62. The van der Waals surface area contributed by atoms with Crippen molar-refractivity contribution in [2.24, 2.45) is 4.99 Å². The number of carboxylic acid groups (broad SMARTS) is 1. The van der Waals surface area contributed by atoms with Crippen molar-refractivity contribution in [3.05, 3.63) is 42.0 Å². The number of halogens is 1. The van der Waals surface area contributed by atoms with Crippen LogP contribution in [-0.4, -0.2) is 26.9 Å². The monoisotopic (exact) mass is 247 g/mol. The molecule has 0 fully saturated rings. The second kappa shape index (κ2) is 4.60. The number of rotatable bonds is 3. The molecule has 90 valence electrons. The Morgan fingerprint density at radius 3 is 2.78 bits per heavy atom. The molecule has 0 spiro atoms. The zero-order valence-corrected chi connectivity index (χ0v) is 8.87. The quantitative estimate of drug-likeness (QED) is 0.660. The van der Waals surface area contributed by atoms with Crippen LogP contribution < -0.4 is 0 Å². The van der Waals surface area contributed by atoms with Crippen LogP contribution in [0.15, 0.2) is 35.5 Å². The van der Waals surface area contributed by atoms with Crippen molar-refractivity contribution in [1.29, 1.82) is 0 Å². The van der Waals surface area contributed by atoms with Gasteiger partial charge in [0.25, 0.3) is 0 Å². The van der Waals surface area contributed by atoms with Crippen molar-refractivity contribution in [2.75, 3.05) is 0 Å². The summed E-state index contributed by atoms with van der Waals surface area (Å²) in [5.74, 6) is -1.87. The standard InChI is InChI=1S/C11H6FN3O3/c12-8-5-7(13-6-16)1-2-10(8)15-4-3-9(14-15)11(17)18/h1-5H,(H,17,18). The van der Waals surface area contributed by atoms with E-state index < -0.39 is 11.8 Å². The Morgan fingerprint density at radius 2 is 2.22 bits per heavy atom. The third-order valence-electron chi connectivity index (χ3n) is 2.16. The Balaban J connectivity index is 2.44. The van der Waals surface area contributed by atoms with Crippen LogP contribution in [0.4, 0.5) is 10.1 Å².